The van der Waals surface area contributed by atoms with E-state index in [-0.39, 0.29) is 17.9 Å². The molecule has 0 bridgehead atoms. The molecular formula is C30H24N2O5. The summed E-state index contributed by atoms with van der Waals surface area (Å²) in [6.07, 6.45) is 0. The Bertz CT molecular complexity index is 1410. The van der Waals surface area contributed by atoms with Crippen molar-refractivity contribution in [2.45, 2.75) is 19.8 Å². The Labute approximate surface area is 215 Å². The van der Waals surface area contributed by atoms with Crippen LogP contribution in [0.25, 0.3) is 0 Å². The summed E-state index contributed by atoms with van der Waals surface area (Å²) in [4.78, 5) is 10.9. The molecule has 7 heteroatoms. The largest absolute Gasteiger partial charge is 0.488 e. The maximum Gasteiger partial charge on any atom is 0.335 e. The molecule has 184 valence electrons. The lowest BCUT2D eigenvalue weighted by molar-refractivity contribution is 0.0696. The summed E-state index contributed by atoms with van der Waals surface area (Å²) in [6.45, 7) is 0.635. The van der Waals surface area contributed by atoms with Crippen molar-refractivity contribution >= 4 is 5.97 Å². The predicted molar refractivity (Wildman–Crippen MR) is 137 cm³/mol. The van der Waals surface area contributed by atoms with E-state index in [1.807, 2.05) is 66.7 Å². The molecule has 4 rings (SSSR count). The van der Waals surface area contributed by atoms with Crippen molar-refractivity contribution in [2.75, 3.05) is 0 Å². The van der Waals surface area contributed by atoms with E-state index in [9.17, 15) is 4.79 Å². The molecule has 0 aliphatic carbocycles. The standard InChI is InChI=1S/C15H11NO3.C15H13NO2/c16-9-13-7-6-12(15(17)18)8-14(13)19-10-11-4-2-1-3-5-11;16-9-14-7-6-13(10-17)8-15(14)18-11-12-4-2-1-3-5-12/h1-8H,10H2,(H,17,18);1-8,17H,10-11H2. The van der Waals surface area contributed by atoms with Gasteiger partial charge in [0.2, 0.25) is 0 Å². The first-order valence-corrected chi connectivity index (χ1v) is 11.3. The highest BCUT2D eigenvalue weighted by Crippen LogP contribution is 2.22. The molecule has 0 heterocycles. The molecule has 0 aromatic heterocycles. The second-order valence-corrected chi connectivity index (χ2v) is 7.78. The minimum Gasteiger partial charge on any atom is -0.488 e. The second-order valence-electron chi connectivity index (χ2n) is 7.78. The first-order chi connectivity index (χ1) is 18.0. The van der Waals surface area contributed by atoms with Crippen molar-refractivity contribution in [1.82, 2.24) is 0 Å². The van der Waals surface area contributed by atoms with Crippen LogP contribution in [0.1, 0.15) is 38.2 Å². The highest BCUT2D eigenvalue weighted by Gasteiger charge is 2.09. The number of hydrogen-bond acceptors (Lipinski definition) is 6. The Hall–Kier alpha value is -5.11. The van der Waals surface area contributed by atoms with Crippen molar-refractivity contribution in [3.05, 3.63) is 130 Å². The molecule has 0 unspecified atom stereocenters. The Morgan fingerprint density at radius 2 is 1.16 bits per heavy atom. The van der Waals surface area contributed by atoms with Gasteiger partial charge in [-0.3, -0.25) is 0 Å². The molecule has 0 radical (unpaired) electrons. The molecule has 0 amide bonds. The number of carboxylic acids is 1. The number of hydrogen-bond donors (Lipinski definition) is 2. The molecule has 7 nitrogen and oxygen atoms in total. The fraction of sp³-hybridized carbons (Fsp3) is 0.100. The Morgan fingerprint density at radius 3 is 1.62 bits per heavy atom. The number of nitrogens with zero attached hydrogens (tertiary/aromatic N) is 2. The van der Waals surface area contributed by atoms with E-state index >= 15 is 0 Å². The maximum absolute atomic E-state index is 10.9. The van der Waals surface area contributed by atoms with Crippen LogP contribution in [0.2, 0.25) is 0 Å². The normalized spacial score (nSPS) is 9.70. The fourth-order valence-corrected chi connectivity index (χ4v) is 3.21. The smallest absolute Gasteiger partial charge is 0.335 e. The van der Waals surface area contributed by atoms with E-state index in [0.29, 0.717) is 30.1 Å². The second kappa shape index (κ2) is 13.7. The average Bonchev–Trinajstić information content (AvgIpc) is 2.96. The summed E-state index contributed by atoms with van der Waals surface area (Å²) in [7, 11) is 0. The maximum atomic E-state index is 10.9. The lowest BCUT2D eigenvalue weighted by Crippen LogP contribution is -2.01. The number of rotatable bonds is 8. The summed E-state index contributed by atoms with van der Waals surface area (Å²) in [5.41, 5.74) is 3.62. The number of aromatic carboxylic acids is 1. The predicted octanol–water partition coefficient (Wildman–Crippen LogP) is 5.47. The molecule has 0 saturated heterocycles. The number of aliphatic hydroxyl groups is 1. The molecule has 4 aromatic carbocycles. The topological polar surface area (TPSA) is 124 Å². The zero-order chi connectivity index (χ0) is 26.5. The van der Waals surface area contributed by atoms with E-state index in [2.05, 4.69) is 6.07 Å². The minimum absolute atomic E-state index is 0.0621. The third kappa shape index (κ3) is 7.97. The van der Waals surface area contributed by atoms with Crippen molar-refractivity contribution in [1.29, 1.82) is 10.5 Å². The van der Waals surface area contributed by atoms with Gasteiger partial charge in [-0.05, 0) is 47.0 Å². The molecular weight excluding hydrogens is 468 g/mol. The fourth-order valence-electron chi connectivity index (χ4n) is 3.21. The van der Waals surface area contributed by atoms with Crippen LogP contribution >= 0.6 is 0 Å². The zero-order valence-corrected chi connectivity index (χ0v) is 19.9. The van der Waals surface area contributed by atoms with Gasteiger partial charge in [-0.1, -0.05) is 66.7 Å². The lowest BCUT2D eigenvalue weighted by Gasteiger charge is -2.09. The van der Waals surface area contributed by atoms with Crippen LogP contribution in [0.3, 0.4) is 0 Å². The van der Waals surface area contributed by atoms with Gasteiger partial charge < -0.3 is 19.7 Å². The quantitative estimate of drug-likeness (QED) is 0.334. The average molecular weight is 493 g/mol. The van der Waals surface area contributed by atoms with Crippen molar-refractivity contribution in [3.63, 3.8) is 0 Å². The van der Waals surface area contributed by atoms with Crippen LogP contribution in [-0.4, -0.2) is 16.2 Å². The van der Waals surface area contributed by atoms with Gasteiger partial charge >= 0.3 is 5.97 Å². The van der Waals surface area contributed by atoms with Crippen LogP contribution in [0, 0.1) is 22.7 Å². The Balaban J connectivity index is 0.000000206. The van der Waals surface area contributed by atoms with Gasteiger partial charge in [0.1, 0.15) is 36.9 Å². The lowest BCUT2D eigenvalue weighted by atomic mass is 10.1. The molecule has 37 heavy (non-hydrogen) atoms. The van der Waals surface area contributed by atoms with Gasteiger partial charge in [-0.25, -0.2) is 4.79 Å². The highest BCUT2D eigenvalue weighted by atomic mass is 16.5. The van der Waals surface area contributed by atoms with E-state index < -0.39 is 5.97 Å². The number of carboxylic acid groups (broad SMARTS) is 1. The highest BCUT2D eigenvalue weighted by molar-refractivity contribution is 5.88. The van der Waals surface area contributed by atoms with E-state index in [0.717, 1.165) is 16.7 Å². The molecule has 0 fully saturated rings. The van der Waals surface area contributed by atoms with Crippen molar-refractivity contribution in [2.24, 2.45) is 0 Å². The number of ether oxygens (including phenoxy) is 2. The molecule has 0 aliphatic heterocycles. The van der Waals surface area contributed by atoms with Gasteiger partial charge in [0.05, 0.1) is 23.3 Å². The molecule has 2 N–H and O–H groups in total. The summed E-state index contributed by atoms with van der Waals surface area (Å²) in [5.74, 6) is -0.256. The summed E-state index contributed by atoms with van der Waals surface area (Å²) in [6, 6.07) is 32.5. The van der Waals surface area contributed by atoms with Gasteiger partial charge in [-0.2, -0.15) is 10.5 Å². The molecule has 0 spiro atoms. The van der Waals surface area contributed by atoms with Gasteiger partial charge in [0.25, 0.3) is 0 Å². The van der Waals surface area contributed by atoms with Gasteiger partial charge in [0, 0.05) is 0 Å². The van der Waals surface area contributed by atoms with Gasteiger partial charge in [-0.15, -0.1) is 0 Å². The third-order valence-corrected chi connectivity index (χ3v) is 5.17. The number of aliphatic hydroxyl groups excluding tert-OH is 1. The minimum atomic E-state index is -1.05. The molecule has 0 atom stereocenters. The number of carbonyl (C=O) groups is 1. The Kier molecular flexibility index (Phi) is 9.81. The molecule has 4 aromatic rings. The number of nitriles is 2. The van der Waals surface area contributed by atoms with E-state index in [4.69, 9.17) is 30.2 Å². The number of benzene rings is 4. The Morgan fingerprint density at radius 1 is 0.676 bits per heavy atom. The van der Waals surface area contributed by atoms with E-state index in [1.54, 1.807) is 18.2 Å². The van der Waals surface area contributed by atoms with Crippen molar-refractivity contribution < 1.29 is 24.5 Å². The monoisotopic (exact) mass is 492 g/mol. The van der Waals surface area contributed by atoms with Crippen molar-refractivity contribution in [3.8, 4) is 23.6 Å². The van der Waals surface area contributed by atoms with Crippen LogP contribution in [0.15, 0.2) is 97.1 Å². The van der Waals surface area contributed by atoms with Crippen LogP contribution in [0.5, 0.6) is 11.5 Å². The summed E-state index contributed by atoms with van der Waals surface area (Å²) >= 11 is 0. The summed E-state index contributed by atoms with van der Waals surface area (Å²) < 4.78 is 11.1. The molecule has 0 saturated carbocycles. The summed E-state index contributed by atoms with van der Waals surface area (Å²) in [5, 5.41) is 35.9. The van der Waals surface area contributed by atoms with Crippen LogP contribution < -0.4 is 9.47 Å². The van der Waals surface area contributed by atoms with Crippen LogP contribution in [0.4, 0.5) is 0 Å². The van der Waals surface area contributed by atoms with Crippen LogP contribution in [-0.2, 0) is 19.8 Å². The molecule has 0 aliphatic rings. The SMILES string of the molecule is N#Cc1ccc(C(=O)O)cc1OCc1ccccc1.N#Cc1ccc(CO)cc1OCc1ccccc1. The van der Waals surface area contributed by atoms with Gasteiger partial charge in [0.15, 0.2) is 0 Å². The van der Waals surface area contributed by atoms with E-state index in [1.165, 1.54) is 18.2 Å². The zero-order valence-electron chi connectivity index (χ0n) is 19.9. The third-order valence-electron chi connectivity index (χ3n) is 5.17. The first kappa shape index (κ1) is 26.5. The first-order valence-electron chi connectivity index (χ1n) is 11.3.